The number of amides is 2. The molecule has 1 heterocycles. The lowest BCUT2D eigenvalue weighted by molar-refractivity contribution is 0.0932. The number of rotatable bonds is 7. The van der Waals surface area contributed by atoms with Gasteiger partial charge >= 0.3 is 0 Å². The molecule has 7 heteroatoms. The van der Waals surface area contributed by atoms with Crippen LogP contribution in [0.4, 0.5) is 0 Å². The molecule has 0 fully saturated rings. The summed E-state index contributed by atoms with van der Waals surface area (Å²) >= 11 is 0. The largest absolute Gasteiger partial charge is 0.454 e. The summed E-state index contributed by atoms with van der Waals surface area (Å²) in [6.45, 7) is 1.46. The lowest BCUT2D eigenvalue weighted by atomic mass is 10.1. The summed E-state index contributed by atoms with van der Waals surface area (Å²) in [5, 5.41) is 5.60. The molecule has 7 nitrogen and oxygen atoms in total. The van der Waals surface area contributed by atoms with E-state index in [4.69, 9.17) is 14.2 Å². The van der Waals surface area contributed by atoms with Crippen LogP contribution in [0.15, 0.2) is 42.5 Å². The quantitative estimate of drug-likeness (QED) is 0.738. The fourth-order valence-corrected chi connectivity index (χ4v) is 2.46. The fourth-order valence-electron chi connectivity index (χ4n) is 2.46. The van der Waals surface area contributed by atoms with E-state index in [2.05, 4.69) is 10.6 Å². The van der Waals surface area contributed by atoms with Crippen LogP contribution in [0, 0.1) is 0 Å². The van der Waals surface area contributed by atoms with Gasteiger partial charge in [-0.3, -0.25) is 9.59 Å². The van der Waals surface area contributed by atoms with Gasteiger partial charge in [-0.2, -0.15) is 0 Å². The number of hydrogen-bond donors (Lipinski definition) is 2. The van der Waals surface area contributed by atoms with Crippen molar-refractivity contribution in [2.24, 2.45) is 0 Å². The zero-order chi connectivity index (χ0) is 18.4. The number of fused-ring (bicyclic) bond motifs is 1. The molecule has 1 aliphatic rings. The number of nitrogens with one attached hydrogen (secondary N) is 2. The maximum Gasteiger partial charge on any atom is 0.251 e. The van der Waals surface area contributed by atoms with Crippen LogP contribution >= 0.6 is 0 Å². The Kier molecular flexibility index (Phi) is 5.70. The highest BCUT2D eigenvalue weighted by Crippen LogP contribution is 2.32. The van der Waals surface area contributed by atoms with Crippen LogP contribution < -0.4 is 20.1 Å². The molecule has 0 saturated heterocycles. The Morgan fingerprint density at radius 1 is 0.962 bits per heavy atom. The number of benzene rings is 2. The van der Waals surface area contributed by atoms with Gasteiger partial charge in [0.05, 0.1) is 6.61 Å². The van der Waals surface area contributed by atoms with Gasteiger partial charge in [-0.05, 0) is 35.9 Å². The first-order chi connectivity index (χ1) is 12.7. The molecule has 0 spiro atoms. The zero-order valence-corrected chi connectivity index (χ0v) is 14.4. The van der Waals surface area contributed by atoms with E-state index in [0.717, 1.165) is 5.56 Å². The van der Waals surface area contributed by atoms with Crippen molar-refractivity contribution in [2.75, 3.05) is 27.1 Å². The van der Waals surface area contributed by atoms with Crippen molar-refractivity contribution in [3.63, 3.8) is 0 Å². The van der Waals surface area contributed by atoms with Crippen LogP contribution in [0.5, 0.6) is 11.5 Å². The van der Waals surface area contributed by atoms with E-state index in [1.54, 1.807) is 37.4 Å². The molecule has 0 saturated carbocycles. The minimum absolute atomic E-state index is 0.155. The molecule has 0 atom stereocenters. The van der Waals surface area contributed by atoms with Crippen LogP contribution in [0.1, 0.15) is 26.3 Å². The molecule has 0 aliphatic carbocycles. The zero-order valence-electron chi connectivity index (χ0n) is 14.4. The van der Waals surface area contributed by atoms with Gasteiger partial charge in [-0.25, -0.2) is 0 Å². The van der Waals surface area contributed by atoms with Gasteiger partial charge in [-0.1, -0.05) is 12.1 Å². The average Bonchev–Trinajstić information content (AvgIpc) is 3.14. The van der Waals surface area contributed by atoms with E-state index in [0.29, 0.717) is 42.3 Å². The molecule has 0 aromatic heterocycles. The topological polar surface area (TPSA) is 85.9 Å². The normalized spacial score (nSPS) is 11.9. The number of ether oxygens (including phenoxy) is 3. The van der Waals surface area contributed by atoms with Crippen LogP contribution in [-0.2, 0) is 11.3 Å². The SMILES string of the molecule is COCCNC(=O)c1ccc(CNC(=O)c2ccc3c(c2)OCO3)cc1. The van der Waals surface area contributed by atoms with E-state index in [-0.39, 0.29) is 18.6 Å². The highest BCUT2D eigenvalue weighted by Gasteiger charge is 2.16. The van der Waals surface area contributed by atoms with Crippen molar-refractivity contribution in [1.29, 1.82) is 0 Å². The van der Waals surface area contributed by atoms with Crippen molar-refractivity contribution in [3.8, 4) is 11.5 Å². The van der Waals surface area contributed by atoms with Gasteiger partial charge in [0.2, 0.25) is 6.79 Å². The van der Waals surface area contributed by atoms with E-state index >= 15 is 0 Å². The Bertz CT molecular complexity index is 789. The van der Waals surface area contributed by atoms with Gasteiger partial charge in [0, 0.05) is 31.3 Å². The summed E-state index contributed by atoms with van der Waals surface area (Å²) in [4.78, 5) is 24.2. The Morgan fingerprint density at radius 3 is 2.42 bits per heavy atom. The predicted molar refractivity (Wildman–Crippen MR) is 94.4 cm³/mol. The summed E-state index contributed by atoms with van der Waals surface area (Å²) in [5.74, 6) is 0.852. The third-order valence-electron chi connectivity index (χ3n) is 3.90. The van der Waals surface area contributed by atoms with Crippen LogP contribution in [-0.4, -0.2) is 38.9 Å². The molecule has 0 unspecified atom stereocenters. The summed E-state index contributed by atoms with van der Waals surface area (Å²) in [5.41, 5.74) is 1.96. The molecular weight excluding hydrogens is 336 g/mol. The van der Waals surface area contributed by atoms with Gasteiger partial charge in [0.1, 0.15) is 0 Å². The molecule has 136 valence electrons. The Balaban J connectivity index is 1.53. The summed E-state index contributed by atoms with van der Waals surface area (Å²) < 4.78 is 15.4. The van der Waals surface area contributed by atoms with Crippen molar-refractivity contribution < 1.29 is 23.8 Å². The lowest BCUT2D eigenvalue weighted by Gasteiger charge is -2.08. The van der Waals surface area contributed by atoms with E-state index < -0.39 is 0 Å². The third-order valence-corrected chi connectivity index (χ3v) is 3.90. The first kappa shape index (κ1) is 17.8. The number of carbonyl (C=O) groups excluding carboxylic acids is 2. The number of carbonyl (C=O) groups is 2. The predicted octanol–water partition coefficient (Wildman–Crippen LogP) is 1.72. The standard InChI is InChI=1S/C19H20N2O5/c1-24-9-8-20-18(22)14-4-2-13(3-5-14)11-21-19(23)15-6-7-16-17(10-15)26-12-25-16/h2-7,10H,8-9,11-12H2,1H3,(H,20,22)(H,21,23). The van der Waals surface area contributed by atoms with Gasteiger partial charge < -0.3 is 24.8 Å². The molecule has 2 aromatic rings. The van der Waals surface area contributed by atoms with E-state index in [1.807, 2.05) is 12.1 Å². The van der Waals surface area contributed by atoms with Crippen LogP contribution in [0.2, 0.25) is 0 Å². The minimum atomic E-state index is -0.204. The second kappa shape index (κ2) is 8.35. The molecule has 3 rings (SSSR count). The van der Waals surface area contributed by atoms with Gasteiger partial charge in [0.15, 0.2) is 11.5 Å². The van der Waals surface area contributed by atoms with Crippen LogP contribution in [0.3, 0.4) is 0 Å². The first-order valence-corrected chi connectivity index (χ1v) is 8.21. The summed E-state index contributed by atoms with van der Waals surface area (Å²) in [6, 6.07) is 12.1. The molecular formula is C19H20N2O5. The second-order valence-corrected chi connectivity index (χ2v) is 5.70. The average molecular weight is 356 g/mol. The fraction of sp³-hybridized carbons (Fsp3) is 0.263. The van der Waals surface area contributed by atoms with Crippen molar-refractivity contribution in [2.45, 2.75) is 6.54 Å². The Labute approximate surface area is 151 Å². The minimum Gasteiger partial charge on any atom is -0.454 e. The van der Waals surface area contributed by atoms with E-state index in [1.165, 1.54) is 0 Å². The van der Waals surface area contributed by atoms with Gasteiger partial charge in [0.25, 0.3) is 11.8 Å². The van der Waals surface area contributed by atoms with Crippen molar-refractivity contribution in [1.82, 2.24) is 10.6 Å². The molecule has 2 aromatic carbocycles. The molecule has 0 bridgehead atoms. The summed E-state index contributed by atoms with van der Waals surface area (Å²) in [7, 11) is 1.58. The number of methoxy groups -OCH3 is 1. The monoisotopic (exact) mass is 356 g/mol. The van der Waals surface area contributed by atoms with E-state index in [9.17, 15) is 9.59 Å². The molecule has 26 heavy (non-hydrogen) atoms. The Hall–Kier alpha value is -3.06. The molecule has 1 aliphatic heterocycles. The van der Waals surface area contributed by atoms with Crippen LogP contribution in [0.25, 0.3) is 0 Å². The van der Waals surface area contributed by atoms with Crippen molar-refractivity contribution >= 4 is 11.8 Å². The maximum atomic E-state index is 12.3. The molecule has 0 radical (unpaired) electrons. The molecule has 2 amide bonds. The maximum absolute atomic E-state index is 12.3. The highest BCUT2D eigenvalue weighted by atomic mass is 16.7. The first-order valence-electron chi connectivity index (χ1n) is 8.21. The second-order valence-electron chi connectivity index (χ2n) is 5.70. The smallest absolute Gasteiger partial charge is 0.251 e. The highest BCUT2D eigenvalue weighted by molar-refractivity contribution is 5.95. The molecule has 2 N–H and O–H groups in total. The number of hydrogen-bond acceptors (Lipinski definition) is 5. The lowest BCUT2D eigenvalue weighted by Crippen LogP contribution is -2.27. The third kappa shape index (κ3) is 4.31. The Morgan fingerprint density at radius 2 is 1.65 bits per heavy atom. The van der Waals surface area contributed by atoms with Gasteiger partial charge in [-0.15, -0.1) is 0 Å². The van der Waals surface area contributed by atoms with Crippen molar-refractivity contribution in [3.05, 3.63) is 59.2 Å². The summed E-state index contributed by atoms with van der Waals surface area (Å²) in [6.07, 6.45) is 0.